The zero-order valence-corrected chi connectivity index (χ0v) is 15.1. The fourth-order valence-electron chi connectivity index (χ4n) is 3.68. The van der Waals surface area contributed by atoms with Gasteiger partial charge in [-0.2, -0.15) is 4.98 Å². The van der Waals surface area contributed by atoms with Crippen LogP contribution in [0.2, 0.25) is 5.02 Å². The molecule has 0 radical (unpaired) electrons. The van der Waals surface area contributed by atoms with Crippen molar-refractivity contribution < 1.29 is 4.42 Å². The number of nitrogens with two attached hydrogens (primary N) is 1. The van der Waals surface area contributed by atoms with Gasteiger partial charge < -0.3 is 15.5 Å². The number of hydrogen-bond donors (Lipinski definition) is 3. The molecule has 1 unspecified atom stereocenters. The number of para-hydroxylation sites is 1. The summed E-state index contributed by atoms with van der Waals surface area (Å²) in [6.07, 6.45) is 0. The minimum Gasteiger partial charge on any atom is -0.422 e. The molecule has 2 aromatic heterocycles. The summed E-state index contributed by atoms with van der Waals surface area (Å²) in [7, 11) is 0. The number of fused-ring (bicyclic) bond motifs is 4. The molecule has 7 nitrogen and oxygen atoms in total. The van der Waals surface area contributed by atoms with Crippen molar-refractivity contribution in [3.8, 4) is 0 Å². The zero-order valence-electron chi connectivity index (χ0n) is 14.3. The second-order valence-electron chi connectivity index (χ2n) is 6.50. The van der Waals surface area contributed by atoms with E-state index in [1.807, 2.05) is 12.1 Å². The summed E-state index contributed by atoms with van der Waals surface area (Å²) >= 11 is 6.02. The summed E-state index contributed by atoms with van der Waals surface area (Å²) in [5.74, 6) is -0.382. The van der Waals surface area contributed by atoms with E-state index >= 15 is 0 Å². The molecule has 0 amide bonds. The van der Waals surface area contributed by atoms with Gasteiger partial charge in [0.2, 0.25) is 5.95 Å². The van der Waals surface area contributed by atoms with Gasteiger partial charge in [-0.1, -0.05) is 35.9 Å². The Morgan fingerprint density at radius 2 is 1.79 bits per heavy atom. The van der Waals surface area contributed by atoms with Crippen LogP contribution >= 0.6 is 11.6 Å². The number of hydrogen-bond acceptors (Lipinski definition) is 6. The second kappa shape index (κ2) is 5.97. The lowest BCUT2D eigenvalue weighted by molar-refractivity contribution is 0.548. The normalized spacial score (nSPS) is 15.0. The van der Waals surface area contributed by atoms with Gasteiger partial charge in [0, 0.05) is 10.4 Å². The largest absolute Gasteiger partial charge is 0.422 e. The molecule has 0 bridgehead atoms. The van der Waals surface area contributed by atoms with E-state index in [4.69, 9.17) is 21.8 Å². The van der Waals surface area contributed by atoms with E-state index in [2.05, 4.69) is 15.3 Å². The number of nitrogens with zero attached hydrogens (tertiary/aromatic N) is 1. The minimum atomic E-state index is -0.679. The van der Waals surface area contributed by atoms with Crippen molar-refractivity contribution in [3.05, 3.63) is 91.0 Å². The van der Waals surface area contributed by atoms with Gasteiger partial charge in [0.05, 0.1) is 22.7 Å². The Morgan fingerprint density at radius 3 is 2.57 bits per heavy atom. The van der Waals surface area contributed by atoms with Crippen LogP contribution in [0.3, 0.4) is 0 Å². The van der Waals surface area contributed by atoms with Gasteiger partial charge in [-0.15, -0.1) is 0 Å². The first-order chi connectivity index (χ1) is 13.5. The van der Waals surface area contributed by atoms with E-state index in [9.17, 15) is 9.59 Å². The van der Waals surface area contributed by atoms with Crippen LogP contribution in [0, 0.1) is 0 Å². The molecule has 2 aromatic carbocycles. The molecule has 0 aliphatic carbocycles. The van der Waals surface area contributed by atoms with Crippen LogP contribution in [-0.4, -0.2) is 9.97 Å². The number of anilines is 3. The third kappa shape index (κ3) is 2.40. The Hall–Kier alpha value is -3.58. The van der Waals surface area contributed by atoms with Gasteiger partial charge in [-0.25, -0.2) is 4.79 Å². The molecule has 0 spiro atoms. The van der Waals surface area contributed by atoms with Gasteiger partial charge in [0.1, 0.15) is 11.4 Å². The standard InChI is InChI=1S/C20H13ClN4O3/c21-10-7-5-9(6-8-10)13-14-16(11-3-1-2-4-12(11)28-19(14)27)23-17-15(13)18(26)25-20(22)24-17/h1-8,13H,(H4,22,23,24,25,26). The number of nitrogens with one attached hydrogen (secondary N) is 2. The van der Waals surface area contributed by atoms with Crippen LogP contribution in [0.25, 0.3) is 11.0 Å². The van der Waals surface area contributed by atoms with E-state index in [0.29, 0.717) is 44.2 Å². The summed E-state index contributed by atoms with van der Waals surface area (Å²) in [4.78, 5) is 32.4. The number of aromatic nitrogens is 2. The van der Waals surface area contributed by atoms with Crippen molar-refractivity contribution in [2.45, 2.75) is 5.92 Å². The first kappa shape index (κ1) is 16.6. The van der Waals surface area contributed by atoms with E-state index in [1.165, 1.54) is 0 Å². The summed E-state index contributed by atoms with van der Waals surface area (Å²) in [6, 6.07) is 14.1. The highest BCUT2D eigenvalue weighted by Gasteiger charge is 2.35. The highest BCUT2D eigenvalue weighted by molar-refractivity contribution is 6.30. The Balaban J connectivity index is 1.91. The van der Waals surface area contributed by atoms with Gasteiger partial charge in [0.15, 0.2) is 0 Å². The summed E-state index contributed by atoms with van der Waals surface area (Å²) < 4.78 is 5.54. The first-order valence-corrected chi connectivity index (χ1v) is 8.88. The van der Waals surface area contributed by atoms with E-state index in [1.54, 1.807) is 36.4 Å². The molecule has 4 aromatic rings. The molecule has 8 heteroatoms. The molecular formula is C20H13ClN4O3. The topological polar surface area (TPSA) is 114 Å². The average molecular weight is 393 g/mol. The van der Waals surface area contributed by atoms with Crippen LogP contribution < -0.4 is 22.2 Å². The van der Waals surface area contributed by atoms with E-state index in [0.717, 1.165) is 0 Å². The van der Waals surface area contributed by atoms with Crippen molar-refractivity contribution >= 4 is 40.0 Å². The van der Waals surface area contributed by atoms with Crippen LogP contribution in [-0.2, 0) is 0 Å². The number of H-pyrrole nitrogens is 1. The van der Waals surface area contributed by atoms with Gasteiger partial charge in [0.25, 0.3) is 5.56 Å². The first-order valence-electron chi connectivity index (χ1n) is 8.51. The maximum absolute atomic E-state index is 12.9. The molecule has 1 aliphatic heterocycles. The Morgan fingerprint density at radius 1 is 1.04 bits per heavy atom. The number of nitrogen functional groups attached to an aromatic ring is 1. The zero-order chi connectivity index (χ0) is 19.4. The van der Waals surface area contributed by atoms with Crippen LogP contribution in [0.15, 0.2) is 62.5 Å². The van der Waals surface area contributed by atoms with Crippen LogP contribution in [0.1, 0.15) is 22.6 Å². The lowest BCUT2D eigenvalue weighted by atomic mass is 9.83. The third-order valence-electron chi connectivity index (χ3n) is 4.85. The fraction of sp³-hybridized carbons (Fsp3) is 0.0500. The lowest BCUT2D eigenvalue weighted by Gasteiger charge is -2.27. The summed E-state index contributed by atoms with van der Waals surface area (Å²) in [6.45, 7) is 0. The predicted molar refractivity (Wildman–Crippen MR) is 107 cm³/mol. The molecule has 1 atom stereocenters. The van der Waals surface area contributed by atoms with Gasteiger partial charge in [-0.05, 0) is 29.8 Å². The van der Waals surface area contributed by atoms with E-state index in [-0.39, 0.29) is 5.95 Å². The van der Waals surface area contributed by atoms with Crippen molar-refractivity contribution in [2.75, 3.05) is 11.1 Å². The SMILES string of the molecule is Nc1nc2c(c(=O)[nH]1)C(c1ccc(Cl)cc1)c1c(c3ccccc3oc1=O)N2. The fourth-order valence-corrected chi connectivity index (χ4v) is 3.80. The third-order valence-corrected chi connectivity index (χ3v) is 5.10. The van der Waals surface area contributed by atoms with Crippen molar-refractivity contribution in [1.29, 1.82) is 0 Å². The number of aromatic amines is 1. The predicted octanol–water partition coefficient (Wildman–Crippen LogP) is 3.35. The summed E-state index contributed by atoms with van der Waals surface area (Å²) in [5.41, 5.74) is 7.14. The molecule has 0 fully saturated rings. The molecule has 0 saturated carbocycles. The summed E-state index contributed by atoms with van der Waals surface area (Å²) in [5, 5.41) is 4.38. The molecule has 1 aliphatic rings. The second-order valence-corrected chi connectivity index (χ2v) is 6.93. The van der Waals surface area contributed by atoms with Crippen LogP contribution in [0.5, 0.6) is 0 Å². The minimum absolute atomic E-state index is 0.0122. The molecule has 3 heterocycles. The van der Waals surface area contributed by atoms with Crippen molar-refractivity contribution in [1.82, 2.24) is 9.97 Å². The molecule has 4 N–H and O–H groups in total. The molecule has 0 saturated heterocycles. The van der Waals surface area contributed by atoms with Crippen molar-refractivity contribution in [2.24, 2.45) is 0 Å². The maximum Gasteiger partial charge on any atom is 0.342 e. The number of rotatable bonds is 1. The number of halogens is 1. The average Bonchev–Trinajstić information content (AvgIpc) is 2.67. The van der Waals surface area contributed by atoms with Crippen molar-refractivity contribution in [3.63, 3.8) is 0 Å². The Kier molecular flexibility index (Phi) is 3.53. The molecule has 5 rings (SSSR count). The highest BCUT2D eigenvalue weighted by Crippen LogP contribution is 2.43. The molecule has 138 valence electrons. The smallest absolute Gasteiger partial charge is 0.342 e. The van der Waals surface area contributed by atoms with Crippen LogP contribution in [0.4, 0.5) is 17.5 Å². The Bertz CT molecular complexity index is 1360. The lowest BCUT2D eigenvalue weighted by Crippen LogP contribution is -2.30. The molecular weight excluding hydrogens is 380 g/mol. The van der Waals surface area contributed by atoms with Gasteiger partial charge >= 0.3 is 5.63 Å². The molecule has 28 heavy (non-hydrogen) atoms. The maximum atomic E-state index is 12.9. The quantitative estimate of drug-likeness (QED) is 0.377. The Labute approximate surface area is 162 Å². The monoisotopic (exact) mass is 392 g/mol. The van der Waals surface area contributed by atoms with E-state index < -0.39 is 17.1 Å². The highest BCUT2D eigenvalue weighted by atomic mass is 35.5. The number of benzene rings is 2. The van der Waals surface area contributed by atoms with Gasteiger partial charge in [-0.3, -0.25) is 9.78 Å².